The van der Waals surface area contributed by atoms with Crippen molar-refractivity contribution in [2.45, 2.75) is 6.92 Å². The number of piperazine rings is 1. The number of rotatable bonds is 3. The van der Waals surface area contributed by atoms with Gasteiger partial charge in [0, 0.05) is 44.3 Å². The van der Waals surface area contributed by atoms with Crippen LogP contribution in [0.25, 0.3) is 5.69 Å². The Morgan fingerprint density at radius 2 is 1.62 bits per heavy atom. The number of benzene rings is 1. The van der Waals surface area contributed by atoms with Crippen LogP contribution in [0.4, 0.5) is 5.69 Å². The molecule has 0 saturated carbocycles. The predicted molar refractivity (Wildman–Crippen MR) is 101 cm³/mol. The minimum absolute atomic E-state index is 0.0547. The Balaban J connectivity index is 1.47. The number of hydrogen-bond acceptors (Lipinski definition) is 4. The van der Waals surface area contributed by atoms with E-state index in [-0.39, 0.29) is 5.91 Å². The van der Waals surface area contributed by atoms with Crippen molar-refractivity contribution in [1.82, 2.24) is 19.7 Å². The molecule has 1 aromatic carbocycles. The van der Waals surface area contributed by atoms with Crippen LogP contribution in [0.15, 0.2) is 61.1 Å². The summed E-state index contributed by atoms with van der Waals surface area (Å²) in [7, 11) is 0. The van der Waals surface area contributed by atoms with Crippen molar-refractivity contribution >= 4 is 11.6 Å². The van der Waals surface area contributed by atoms with Crippen molar-refractivity contribution in [1.29, 1.82) is 0 Å². The molecule has 6 nitrogen and oxygen atoms in total. The molecule has 0 unspecified atom stereocenters. The van der Waals surface area contributed by atoms with Crippen LogP contribution >= 0.6 is 0 Å². The molecule has 6 heteroatoms. The van der Waals surface area contributed by atoms with Gasteiger partial charge in [0.2, 0.25) is 0 Å². The Morgan fingerprint density at radius 1 is 0.923 bits per heavy atom. The van der Waals surface area contributed by atoms with Gasteiger partial charge in [-0.2, -0.15) is 5.10 Å². The van der Waals surface area contributed by atoms with Crippen LogP contribution in [0.3, 0.4) is 0 Å². The Hall–Kier alpha value is -3.15. The van der Waals surface area contributed by atoms with E-state index in [1.165, 1.54) is 0 Å². The number of nitrogens with zero attached hydrogens (tertiary/aromatic N) is 5. The molecule has 26 heavy (non-hydrogen) atoms. The fraction of sp³-hybridized carbons (Fsp3) is 0.250. The van der Waals surface area contributed by atoms with Crippen LogP contribution in [-0.4, -0.2) is 51.8 Å². The van der Waals surface area contributed by atoms with Crippen molar-refractivity contribution in [2.75, 3.05) is 31.1 Å². The minimum Gasteiger partial charge on any atom is -0.368 e. The second-order valence-corrected chi connectivity index (χ2v) is 6.38. The topological polar surface area (TPSA) is 54.3 Å². The first-order chi connectivity index (χ1) is 12.7. The summed E-state index contributed by atoms with van der Waals surface area (Å²) >= 11 is 0. The van der Waals surface area contributed by atoms with Gasteiger partial charge >= 0.3 is 0 Å². The van der Waals surface area contributed by atoms with Crippen LogP contribution in [0.1, 0.15) is 16.1 Å². The summed E-state index contributed by atoms with van der Waals surface area (Å²) in [4.78, 5) is 21.2. The van der Waals surface area contributed by atoms with Gasteiger partial charge in [-0.25, -0.2) is 4.68 Å². The van der Waals surface area contributed by atoms with E-state index >= 15 is 0 Å². The summed E-state index contributed by atoms with van der Waals surface area (Å²) in [6, 6.07) is 13.9. The highest BCUT2D eigenvalue weighted by molar-refractivity contribution is 5.95. The average molecular weight is 347 g/mol. The lowest BCUT2D eigenvalue weighted by molar-refractivity contribution is 0.0746. The monoisotopic (exact) mass is 347 g/mol. The number of para-hydroxylation sites is 1. The second-order valence-electron chi connectivity index (χ2n) is 6.38. The molecule has 2 aromatic heterocycles. The highest BCUT2D eigenvalue weighted by Gasteiger charge is 2.25. The number of anilines is 1. The van der Waals surface area contributed by atoms with Crippen molar-refractivity contribution in [3.63, 3.8) is 0 Å². The highest BCUT2D eigenvalue weighted by atomic mass is 16.2. The second kappa shape index (κ2) is 7.00. The first kappa shape index (κ1) is 16.3. The van der Waals surface area contributed by atoms with Gasteiger partial charge in [0.25, 0.3) is 5.91 Å². The summed E-state index contributed by atoms with van der Waals surface area (Å²) < 4.78 is 1.82. The summed E-state index contributed by atoms with van der Waals surface area (Å²) in [6.07, 6.45) is 5.28. The molecule has 0 N–H and O–H groups in total. The number of aromatic nitrogens is 3. The van der Waals surface area contributed by atoms with E-state index in [0.717, 1.165) is 30.2 Å². The minimum atomic E-state index is 0.0547. The molecule has 0 spiro atoms. The van der Waals surface area contributed by atoms with E-state index in [9.17, 15) is 4.79 Å². The normalized spacial score (nSPS) is 14.5. The van der Waals surface area contributed by atoms with E-state index in [1.807, 2.05) is 59.0 Å². The average Bonchev–Trinajstić information content (AvgIpc) is 3.10. The zero-order chi connectivity index (χ0) is 17.9. The molecule has 0 bridgehead atoms. The van der Waals surface area contributed by atoms with E-state index < -0.39 is 0 Å². The van der Waals surface area contributed by atoms with Crippen LogP contribution in [0.2, 0.25) is 0 Å². The highest BCUT2D eigenvalue weighted by Crippen LogP contribution is 2.19. The lowest BCUT2D eigenvalue weighted by Gasteiger charge is -2.36. The molecule has 1 amide bonds. The van der Waals surface area contributed by atoms with E-state index in [0.29, 0.717) is 18.7 Å². The van der Waals surface area contributed by atoms with Crippen molar-refractivity contribution in [3.8, 4) is 5.69 Å². The molecule has 1 saturated heterocycles. The maximum atomic E-state index is 13.0. The Labute approximate surface area is 152 Å². The summed E-state index contributed by atoms with van der Waals surface area (Å²) in [6.45, 7) is 5.00. The zero-order valence-corrected chi connectivity index (χ0v) is 14.7. The van der Waals surface area contributed by atoms with Crippen molar-refractivity contribution < 1.29 is 4.79 Å². The Kier molecular flexibility index (Phi) is 4.39. The van der Waals surface area contributed by atoms with E-state index in [1.54, 1.807) is 18.6 Å². The van der Waals surface area contributed by atoms with Crippen LogP contribution in [0.5, 0.6) is 0 Å². The molecule has 132 valence electrons. The molecular formula is C20H21N5O. The van der Waals surface area contributed by atoms with Gasteiger partial charge in [0.15, 0.2) is 0 Å². The first-order valence-corrected chi connectivity index (χ1v) is 8.78. The summed E-state index contributed by atoms with van der Waals surface area (Å²) in [5.41, 5.74) is 3.66. The molecular weight excluding hydrogens is 326 g/mol. The third-order valence-corrected chi connectivity index (χ3v) is 4.84. The lowest BCUT2D eigenvalue weighted by atomic mass is 10.2. The van der Waals surface area contributed by atoms with Gasteiger partial charge in [-0.3, -0.25) is 9.78 Å². The van der Waals surface area contributed by atoms with Crippen LogP contribution in [0, 0.1) is 6.92 Å². The first-order valence-electron chi connectivity index (χ1n) is 8.78. The van der Waals surface area contributed by atoms with Gasteiger partial charge in [-0.05, 0) is 31.2 Å². The summed E-state index contributed by atoms with van der Waals surface area (Å²) in [5.74, 6) is 0.0547. The molecule has 0 radical (unpaired) electrons. The molecule has 1 aliphatic heterocycles. The van der Waals surface area contributed by atoms with Crippen LogP contribution in [-0.2, 0) is 0 Å². The van der Waals surface area contributed by atoms with Gasteiger partial charge in [-0.15, -0.1) is 0 Å². The van der Waals surface area contributed by atoms with Gasteiger partial charge in [0.1, 0.15) is 0 Å². The maximum absolute atomic E-state index is 13.0. The number of amides is 1. The number of pyridine rings is 1. The molecule has 3 aromatic rings. The predicted octanol–water partition coefficient (Wildman–Crippen LogP) is 2.54. The smallest absolute Gasteiger partial charge is 0.257 e. The molecule has 0 aliphatic carbocycles. The number of carbonyl (C=O) groups is 1. The third kappa shape index (κ3) is 3.06. The molecule has 4 rings (SSSR count). The van der Waals surface area contributed by atoms with Gasteiger partial charge in [0.05, 0.1) is 23.1 Å². The summed E-state index contributed by atoms with van der Waals surface area (Å²) in [5, 5.41) is 4.42. The van der Waals surface area contributed by atoms with Crippen molar-refractivity contribution in [2.24, 2.45) is 0 Å². The number of carbonyl (C=O) groups excluding carboxylic acids is 1. The fourth-order valence-corrected chi connectivity index (χ4v) is 3.34. The van der Waals surface area contributed by atoms with E-state index in [2.05, 4.69) is 15.0 Å². The quantitative estimate of drug-likeness (QED) is 0.731. The van der Waals surface area contributed by atoms with Crippen LogP contribution < -0.4 is 4.90 Å². The molecule has 3 heterocycles. The Morgan fingerprint density at radius 3 is 2.31 bits per heavy atom. The maximum Gasteiger partial charge on any atom is 0.257 e. The molecule has 1 fully saturated rings. The SMILES string of the molecule is Cc1c(C(=O)N2CCN(c3ccncc3)CC2)cnn1-c1ccccc1. The standard InChI is InChI=1S/C20H21N5O/c1-16-19(15-22-25(16)18-5-3-2-4-6-18)20(26)24-13-11-23(12-14-24)17-7-9-21-10-8-17/h2-10,15H,11-14H2,1H3. The fourth-order valence-electron chi connectivity index (χ4n) is 3.34. The third-order valence-electron chi connectivity index (χ3n) is 4.84. The number of hydrogen-bond donors (Lipinski definition) is 0. The largest absolute Gasteiger partial charge is 0.368 e. The Bertz CT molecular complexity index is 883. The zero-order valence-electron chi connectivity index (χ0n) is 14.7. The lowest BCUT2D eigenvalue weighted by Crippen LogP contribution is -2.48. The van der Waals surface area contributed by atoms with E-state index in [4.69, 9.17) is 0 Å². The van der Waals surface area contributed by atoms with Gasteiger partial charge in [-0.1, -0.05) is 18.2 Å². The van der Waals surface area contributed by atoms with Gasteiger partial charge < -0.3 is 9.80 Å². The molecule has 0 atom stereocenters. The van der Waals surface area contributed by atoms with Crippen molar-refractivity contribution in [3.05, 3.63) is 72.3 Å². The molecule has 1 aliphatic rings.